The smallest absolute Gasteiger partial charge is 0.194 e. The van der Waals surface area contributed by atoms with Gasteiger partial charge in [0.1, 0.15) is 5.82 Å². The van der Waals surface area contributed by atoms with E-state index in [0.29, 0.717) is 12.5 Å². The molecule has 1 aliphatic rings. The molecule has 31 heavy (non-hydrogen) atoms. The number of hydrogen-bond donors (Lipinski definition) is 1. The van der Waals surface area contributed by atoms with Crippen LogP contribution in [0.3, 0.4) is 0 Å². The molecule has 0 bridgehead atoms. The van der Waals surface area contributed by atoms with Crippen LogP contribution in [0.25, 0.3) is 0 Å². The largest absolute Gasteiger partial charge is 0.375 e. The number of hydrogen-bond acceptors (Lipinski definition) is 5. The van der Waals surface area contributed by atoms with E-state index < -0.39 is 0 Å². The first-order valence-electron chi connectivity index (χ1n) is 11.2. The van der Waals surface area contributed by atoms with Crippen molar-refractivity contribution >= 4 is 11.8 Å². The molecule has 3 rings (SSSR count). The second-order valence-corrected chi connectivity index (χ2v) is 8.55. The second kappa shape index (κ2) is 10.6. The van der Waals surface area contributed by atoms with E-state index >= 15 is 0 Å². The Labute approximate surface area is 186 Å². The predicted molar refractivity (Wildman–Crippen MR) is 125 cm³/mol. The van der Waals surface area contributed by atoms with E-state index in [1.54, 1.807) is 0 Å². The van der Waals surface area contributed by atoms with Crippen molar-refractivity contribution in [3.05, 3.63) is 41.3 Å². The Morgan fingerprint density at radius 1 is 1.39 bits per heavy atom. The van der Waals surface area contributed by atoms with Crippen molar-refractivity contribution in [2.75, 3.05) is 38.2 Å². The average Bonchev–Trinajstić information content (AvgIpc) is 3.11. The number of ether oxygens (including phenoxy) is 1. The standard InChI is InChI=1S/C23H37N7O/c1-7-24-23(28(5)15-20-16-29(6)27-22(20)17(2)3)26-13-19-8-9-21(25-12-19)30-10-11-31-18(4)14-30/h8-9,12,16-18H,7,10-11,13-15H2,1-6H3,(H,24,26). The van der Waals surface area contributed by atoms with Gasteiger partial charge in [-0.2, -0.15) is 5.10 Å². The summed E-state index contributed by atoms with van der Waals surface area (Å²) in [5, 5.41) is 8.03. The van der Waals surface area contributed by atoms with Crippen molar-refractivity contribution in [2.24, 2.45) is 12.0 Å². The highest BCUT2D eigenvalue weighted by Crippen LogP contribution is 2.19. The SMILES string of the molecule is CCNC(=NCc1ccc(N2CCOC(C)C2)nc1)N(C)Cc1cn(C)nc1C(C)C. The van der Waals surface area contributed by atoms with Gasteiger partial charge in [-0.05, 0) is 31.4 Å². The van der Waals surface area contributed by atoms with Gasteiger partial charge in [-0.15, -0.1) is 0 Å². The molecule has 170 valence electrons. The molecule has 0 spiro atoms. The number of anilines is 1. The van der Waals surface area contributed by atoms with Crippen molar-refractivity contribution in [3.8, 4) is 0 Å². The number of nitrogens with one attached hydrogen (secondary N) is 1. The first-order valence-corrected chi connectivity index (χ1v) is 11.2. The van der Waals surface area contributed by atoms with E-state index in [1.165, 1.54) is 5.56 Å². The molecular weight excluding hydrogens is 390 g/mol. The molecule has 0 amide bonds. The van der Waals surface area contributed by atoms with Crippen LogP contribution in [0, 0.1) is 0 Å². The van der Waals surface area contributed by atoms with E-state index in [4.69, 9.17) is 9.73 Å². The normalized spacial score (nSPS) is 17.3. The van der Waals surface area contributed by atoms with Crippen molar-refractivity contribution in [1.82, 2.24) is 25.0 Å². The number of aliphatic imine (C=N–C) groups is 1. The first kappa shape index (κ1) is 23.1. The van der Waals surface area contributed by atoms with Crippen molar-refractivity contribution in [2.45, 2.75) is 52.8 Å². The number of pyridine rings is 1. The Kier molecular flexibility index (Phi) is 7.90. The third kappa shape index (κ3) is 6.19. The molecule has 2 aromatic heterocycles. The zero-order valence-corrected chi connectivity index (χ0v) is 19.8. The lowest BCUT2D eigenvalue weighted by atomic mass is 10.1. The summed E-state index contributed by atoms with van der Waals surface area (Å²) >= 11 is 0. The predicted octanol–water partition coefficient (Wildman–Crippen LogP) is 2.76. The van der Waals surface area contributed by atoms with E-state index in [2.05, 4.69) is 78.3 Å². The third-order valence-corrected chi connectivity index (χ3v) is 5.37. The lowest BCUT2D eigenvalue weighted by Gasteiger charge is -2.32. The summed E-state index contributed by atoms with van der Waals surface area (Å²) in [6, 6.07) is 4.21. The number of nitrogens with zero attached hydrogens (tertiary/aromatic N) is 6. The summed E-state index contributed by atoms with van der Waals surface area (Å²) in [5.41, 5.74) is 3.47. The number of rotatable bonds is 7. The van der Waals surface area contributed by atoms with Crippen molar-refractivity contribution in [3.63, 3.8) is 0 Å². The molecule has 0 aromatic carbocycles. The van der Waals surface area contributed by atoms with Gasteiger partial charge in [-0.25, -0.2) is 9.98 Å². The van der Waals surface area contributed by atoms with Gasteiger partial charge in [0.15, 0.2) is 5.96 Å². The Hall–Kier alpha value is -2.61. The number of aromatic nitrogens is 3. The van der Waals surface area contributed by atoms with E-state index in [-0.39, 0.29) is 6.10 Å². The van der Waals surface area contributed by atoms with Gasteiger partial charge in [0, 0.05) is 58.2 Å². The van der Waals surface area contributed by atoms with Crippen LogP contribution in [0.5, 0.6) is 0 Å². The van der Waals surface area contributed by atoms with Crippen LogP contribution < -0.4 is 10.2 Å². The minimum absolute atomic E-state index is 0.245. The third-order valence-electron chi connectivity index (χ3n) is 5.37. The van der Waals surface area contributed by atoms with Crippen LogP contribution in [-0.4, -0.2) is 65.0 Å². The lowest BCUT2D eigenvalue weighted by Crippen LogP contribution is -2.41. The van der Waals surface area contributed by atoms with E-state index in [1.807, 2.05) is 17.9 Å². The Morgan fingerprint density at radius 2 is 2.19 bits per heavy atom. The number of aryl methyl sites for hydroxylation is 1. The first-order chi connectivity index (χ1) is 14.9. The second-order valence-electron chi connectivity index (χ2n) is 8.55. The summed E-state index contributed by atoms with van der Waals surface area (Å²) in [6.07, 6.45) is 4.28. The van der Waals surface area contributed by atoms with Crippen LogP contribution in [0.4, 0.5) is 5.82 Å². The lowest BCUT2D eigenvalue weighted by molar-refractivity contribution is 0.0529. The van der Waals surface area contributed by atoms with Gasteiger partial charge >= 0.3 is 0 Å². The minimum atomic E-state index is 0.245. The average molecular weight is 428 g/mol. The Bertz CT molecular complexity index is 859. The Morgan fingerprint density at radius 3 is 2.84 bits per heavy atom. The van der Waals surface area contributed by atoms with Crippen LogP contribution in [-0.2, 0) is 24.9 Å². The molecule has 2 aromatic rings. The number of guanidine groups is 1. The molecule has 1 fully saturated rings. The summed E-state index contributed by atoms with van der Waals surface area (Å²) in [6.45, 7) is 13.2. The molecule has 8 nitrogen and oxygen atoms in total. The number of morpholine rings is 1. The zero-order chi connectivity index (χ0) is 22.4. The van der Waals surface area contributed by atoms with Crippen molar-refractivity contribution < 1.29 is 4.74 Å². The van der Waals surface area contributed by atoms with E-state index in [0.717, 1.165) is 55.8 Å². The molecule has 1 unspecified atom stereocenters. The van der Waals surface area contributed by atoms with Crippen LogP contribution in [0.1, 0.15) is 50.4 Å². The molecule has 0 saturated carbocycles. The molecule has 1 N–H and O–H groups in total. The van der Waals surface area contributed by atoms with E-state index in [9.17, 15) is 0 Å². The maximum absolute atomic E-state index is 5.62. The summed E-state index contributed by atoms with van der Waals surface area (Å²) in [7, 11) is 4.04. The monoisotopic (exact) mass is 427 g/mol. The van der Waals surface area contributed by atoms with Gasteiger partial charge in [0.25, 0.3) is 0 Å². The van der Waals surface area contributed by atoms with Gasteiger partial charge in [-0.3, -0.25) is 4.68 Å². The highest BCUT2D eigenvalue weighted by molar-refractivity contribution is 5.79. The van der Waals surface area contributed by atoms with Gasteiger partial charge in [0.2, 0.25) is 0 Å². The van der Waals surface area contributed by atoms with Crippen LogP contribution in [0.2, 0.25) is 0 Å². The zero-order valence-electron chi connectivity index (χ0n) is 19.8. The highest BCUT2D eigenvalue weighted by atomic mass is 16.5. The molecule has 1 atom stereocenters. The van der Waals surface area contributed by atoms with Gasteiger partial charge in [-0.1, -0.05) is 19.9 Å². The molecule has 8 heteroatoms. The molecular formula is C23H37N7O. The fourth-order valence-electron chi connectivity index (χ4n) is 3.85. The molecule has 3 heterocycles. The maximum Gasteiger partial charge on any atom is 0.194 e. The topological polar surface area (TPSA) is 70.8 Å². The van der Waals surface area contributed by atoms with Crippen LogP contribution in [0.15, 0.2) is 29.5 Å². The molecule has 0 radical (unpaired) electrons. The Balaban J connectivity index is 1.66. The molecule has 0 aliphatic carbocycles. The molecule has 1 saturated heterocycles. The fraction of sp³-hybridized carbons (Fsp3) is 0.609. The quantitative estimate of drug-likeness (QED) is 0.541. The molecule has 1 aliphatic heterocycles. The summed E-state index contributed by atoms with van der Waals surface area (Å²) < 4.78 is 7.52. The van der Waals surface area contributed by atoms with Crippen LogP contribution >= 0.6 is 0 Å². The van der Waals surface area contributed by atoms with Crippen molar-refractivity contribution in [1.29, 1.82) is 0 Å². The summed E-state index contributed by atoms with van der Waals surface area (Å²) in [4.78, 5) is 13.9. The van der Waals surface area contributed by atoms with Gasteiger partial charge in [0.05, 0.1) is 24.9 Å². The maximum atomic E-state index is 5.62. The minimum Gasteiger partial charge on any atom is -0.375 e. The summed E-state index contributed by atoms with van der Waals surface area (Å²) in [5.74, 6) is 2.28. The van der Waals surface area contributed by atoms with Gasteiger partial charge < -0.3 is 19.9 Å². The fourth-order valence-corrected chi connectivity index (χ4v) is 3.85. The highest BCUT2D eigenvalue weighted by Gasteiger charge is 2.18.